The number of anilines is 1. The third-order valence-corrected chi connectivity index (χ3v) is 5.76. The number of sulfonamides is 1. The third kappa shape index (κ3) is 6.04. The molecule has 0 unspecified atom stereocenters. The van der Waals surface area contributed by atoms with Crippen LogP contribution in [-0.4, -0.2) is 47.6 Å². The third-order valence-electron chi connectivity index (χ3n) is 4.32. The van der Waals surface area contributed by atoms with E-state index in [2.05, 4.69) is 25.4 Å². The van der Waals surface area contributed by atoms with Gasteiger partial charge in [-0.15, -0.1) is 5.10 Å². The van der Waals surface area contributed by atoms with Gasteiger partial charge in [-0.3, -0.25) is 5.32 Å². The summed E-state index contributed by atoms with van der Waals surface area (Å²) in [5.41, 5.74) is 0. The Morgan fingerprint density at radius 1 is 1.19 bits per heavy atom. The van der Waals surface area contributed by atoms with Crippen LogP contribution in [0.1, 0.15) is 32.1 Å². The highest BCUT2D eigenvalue weighted by Crippen LogP contribution is 2.18. The van der Waals surface area contributed by atoms with Crippen molar-refractivity contribution in [1.82, 2.24) is 24.8 Å². The van der Waals surface area contributed by atoms with Crippen molar-refractivity contribution in [1.29, 1.82) is 0 Å². The molecule has 2 aromatic rings. The number of amides is 2. The number of nitrogens with zero attached hydrogens (tertiary/aromatic N) is 3. The SMILES string of the molecule is O=C(NCCS(=O)(=O)NC1CCCCC1)Nc1ccn(-c2ccccn2)n1. The average molecular weight is 392 g/mol. The number of aromatic nitrogens is 3. The van der Waals surface area contributed by atoms with Crippen LogP contribution in [0.25, 0.3) is 5.82 Å². The molecular formula is C17H24N6O3S. The van der Waals surface area contributed by atoms with E-state index < -0.39 is 16.1 Å². The molecular weight excluding hydrogens is 368 g/mol. The van der Waals surface area contributed by atoms with Crippen LogP contribution in [0.5, 0.6) is 0 Å². The van der Waals surface area contributed by atoms with Gasteiger partial charge in [-0.25, -0.2) is 27.6 Å². The molecule has 0 atom stereocenters. The lowest BCUT2D eigenvalue weighted by atomic mass is 9.96. The second-order valence-corrected chi connectivity index (χ2v) is 8.36. The number of hydrogen-bond acceptors (Lipinski definition) is 5. The number of carbonyl (C=O) groups is 1. The van der Waals surface area contributed by atoms with E-state index >= 15 is 0 Å². The van der Waals surface area contributed by atoms with Gasteiger partial charge in [0, 0.05) is 31.0 Å². The molecule has 10 heteroatoms. The van der Waals surface area contributed by atoms with E-state index in [1.165, 1.54) is 4.68 Å². The van der Waals surface area contributed by atoms with Gasteiger partial charge in [-0.05, 0) is 25.0 Å². The van der Waals surface area contributed by atoms with E-state index in [-0.39, 0.29) is 18.3 Å². The van der Waals surface area contributed by atoms with Crippen LogP contribution in [0.15, 0.2) is 36.7 Å². The molecule has 0 saturated heterocycles. The van der Waals surface area contributed by atoms with E-state index in [0.717, 1.165) is 32.1 Å². The van der Waals surface area contributed by atoms with Crippen molar-refractivity contribution >= 4 is 21.9 Å². The Labute approximate surface area is 158 Å². The highest BCUT2D eigenvalue weighted by molar-refractivity contribution is 7.89. The first-order valence-electron chi connectivity index (χ1n) is 9.04. The van der Waals surface area contributed by atoms with Crippen molar-refractivity contribution in [3.05, 3.63) is 36.7 Å². The van der Waals surface area contributed by atoms with Gasteiger partial charge in [0.1, 0.15) is 0 Å². The topological polar surface area (TPSA) is 118 Å². The van der Waals surface area contributed by atoms with Crippen LogP contribution in [-0.2, 0) is 10.0 Å². The second kappa shape index (κ2) is 8.96. The fourth-order valence-electron chi connectivity index (χ4n) is 3.00. The lowest BCUT2D eigenvalue weighted by Gasteiger charge is -2.22. The summed E-state index contributed by atoms with van der Waals surface area (Å²) in [6.45, 7) is 0.0227. The van der Waals surface area contributed by atoms with Gasteiger partial charge in [-0.2, -0.15) is 0 Å². The highest BCUT2D eigenvalue weighted by atomic mass is 32.2. The minimum absolute atomic E-state index is 0.0214. The second-order valence-electron chi connectivity index (χ2n) is 6.49. The molecule has 0 aliphatic heterocycles. The molecule has 0 aromatic carbocycles. The van der Waals surface area contributed by atoms with Crippen molar-refractivity contribution in [2.75, 3.05) is 17.6 Å². The van der Waals surface area contributed by atoms with E-state index in [4.69, 9.17) is 0 Å². The molecule has 0 bridgehead atoms. The van der Waals surface area contributed by atoms with Crippen molar-refractivity contribution in [3.8, 4) is 5.82 Å². The molecule has 0 radical (unpaired) electrons. The molecule has 2 heterocycles. The van der Waals surface area contributed by atoms with E-state index in [9.17, 15) is 13.2 Å². The minimum Gasteiger partial charge on any atom is -0.337 e. The lowest BCUT2D eigenvalue weighted by molar-refractivity contribution is 0.252. The number of pyridine rings is 1. The largest absolute Gasteiger partial charge is 0.337 e. The van der Waals surface area contributed by atoms with Crippen LogP contribution >= 0.6 is 0 Å². The van der Waals surface area contributed by atoms with Crippen molar-refractivity contribution in [3.63, 3.8) is 0 Å². The van der Waals surface area contributed by atoms with E-state index in [0.29, 0.717) is 11.6 Å². The van der Waals surface area contributed by atoms with Crippen LogP contribution in [0, 0.1) is 0 Å². The minimum atomic E-state index is -3.40. The molecule has 3 rings (SSSR count). The Kier molecular flexibility index (Phi) is 6.40. The smallest absolute Gasteiger partial charge is 0.320 e. The summed E-state index contributed by atoms with van der Waals surface area (Å²) in [4.78, 5) is 16.1. The highest BCUT2D eigenvalue weighted by Gasteiger charge is 2.20. The Morgan fingerprint density at radius 3 is 2.74 bits per heavy atom. The van der Waals surface area contributed by atoms with Gasteiger partial charge in [0.15, 0.2) is 11.6 Å². The summed E-state index contributed by atoms with van der Waals surface area (Å²) in [7, 11) is -3.40. The number of rotatable bonds is 7. The number of urea groups is 1. The van der Waals surface area contributed by atoms with Gasteiger partial charge < -0.3 is 5.32 Å². The summed E-state index contributed by atoms with van der Waals surface area (Å²) >= 11 is 0. The Morgan fingerprint density at radius 2 is 2.00 bits per heavy atom. The maximum absolute atomic E-state index is 12.1. The Bertz CT molecular complexity index is 847. The molecule has 0 spiro atoms. The van der Waals surface area contributed by atoms with Gasteiger partial charge in [0.05, 0.1) is 5.75 Å². The number of hydrogen-bond donors (Lipinski definition) is 3. The summed E-state index contributed by atoms with van der Waals surface area (Å²) in [6, 6.07) is 6.58. The zero-order valence-corrected chi connectivity index (χ0v) is 15.8. The van der Waals surface area contributed by atoms with Crippen LogP contribution in [0.2, 0.25) is 0 Å². The van der Waals surface area contributed by atoms with Gasteiger partial charge >= 0.3 is 6.03 Å². The average Bonchev–Trinajstić information content (AvgIpc) is 3.11. The molecule has 9 nitrogen and oxygen atoms in total. The monoisotopic (exact) mass is 392 g/mol. The molecule has 2 amide bonds. The van der Waals surface area contributed by atoms with Crippen LogP contribution in [0.4, 0.5) is 10.6 Å². The maximum Gasteiger partial charge on any atom is 0.320 e. The van der Waals surface area contributed by atoms with Crippen molar-refractivity contribution < 1.29 is 13.2 Å². The maximum atomic E-state index is 12.1. The normalized spacial score (nSPS) is 15.4. The molecule has 27 heavy (non-hydrogen) atoms. The molecule has 1 fully saturated rings. The standard InChI is InChI=1S/C17H24N6O3S/c24-17(19-11-13-27(25,26)22-14-6-2-1-3-7-14)20-15-9-12-23(21-15)16-8-4-5-10-18-16/h4-5,8-10,12,14,22H,1-3,6-7,11,13H2,(H2,19,20,21,24). The number of nitrogens with one attached hydrogen (secondary N) is 3. The molecule has 146 valence electrons. The summed E-state index contributed by atoms with van der Waals surface area (Å²) in [6.07, 6.45) is 8.36. The predicted octanol–water partition coefficient (Wildman–Crippen LogP) is 1.64. The lowest BCUT2D eigenvalue weighted by Crippen LogP contribution is -2.41. The zero-order chi connectivity index (χ0) is 19.1. The van der Waals surface area contributed by atoms with Crippen LogP contribution < -0.4 is 15.4 Å². The predicted molar refractivity (Wildman–Crippen MR) is 102 cm³/mol. The molecule has 1 aliphatic carbocycles. The molecule has 3 N–H and O–H groups in total. The fourth-order valence-corrected chi connectivity index (χ4v) is 4.23. The summed E-state index contributed by atoms with van der Waals surface area (Å²) < 4.78 is 28.4. The van der Waals surface area contributed by atoms with E-state index in [1.807, 2.05) is 6.07 Å². The first-order valence-corrected chi connectivity index (χ1v) is 10.7. The number of carbonyl (C=O) groups excluding carboxylic acids is 1. The van der Waals surface area contributed by atoms with Gasteiger partial charge in [-0.1, -0.05) is 25.3 Å². The van der Waals surface area contributed by atoms with Crippen LogP contribution in [0.3, 0.4) is 0 Å². The quantitative estimate of drug-likeness (QED) is 0.662. The Hall–Kier alpha value is -2.46. The van der Waals surface area contributed by atoms with Gasteiger partial charge in [0.2, 0.25) is 10.0 Å². The first-order chi connectivity index (χ1) is 13.0. The fraction of sp³-hybridized carbons (Fsp3) is 0.471. The molecule has 1 aliphatic rings. The summed E-state index contributed by atoms with van der Waals surface area (Å²) in [5, 5.41) is 9.32. The zero-order valence-electron chi connectivity index (χ0n) is 15.0. The van der Waals surface area contributed by atoms with Crippen molar-refractivity contribution in [2.24, 2.45) is 0 Å². The van der Waals surface area contributed by atoms with Gasteiger partial charge in [0.25, 0.3) is 0 Å². The Balaban J connectivity index is 1.42. The van der Waals surface area contributed by atoms with Crippen molar-refractivity contribution in [2.45, 2.75) is 38.1 Å². The first kappa shape index (κ1) is 19.3. The van der Waals surface area contributed by atoms with E-state index in [1.54, 1.807) is 30.6 Å². The summed E-state index contributed by atoms with van der Waals surface area (Å²) in [5.74, 6) is 0.825. The molecule has 2 aromatic heterocycles. The molecule has 1 saturated carbocycles.